The minimum Gasteiger partial charge on any atom is -0.447 e. The summed E-state index contributed by atoms with van der Waals surface area (Å²) in [5.74, 6) is 0. The molecular weight excluding hydrogens is 388 g/mol. The van der Waals surface area contributed by atoms with E-state index in [1.54, 1.807) is 38.4 Å². The SMILES string of the molecule is CN(C)C(=O)OCC1CCc2ccccc2N1S(=O)(=O)c1ccc(Cl)cc1. The van der Waals surface area contributed by atoms with Gasteiger partial charge in [-0.05, 0) is 48.7 Å². The van der Waals surface area contributed by atoms with E-state index in [0.29, 0.717) is 23.6 Å². The number of hydrogen-bond acceptors (Lipinski definition) is 4. The third kappa shape index (κ3) is 4.04. The lowest BCUT2D eigenvalue weighted by molar-refractivity contribution is 0.111. The molecule has 2 aromatic rings. The molecule has 8 heteroatoms. The molecule has 1 aliphatic rings. The van der Waals surface area contributed by atoms with Crippen molar-refractivity contribution in [2.24, 2.45) is 0 Å². The van der Waals surface area contributed by atoms with E-state index in [0.717, 1.165) is 5.56 Å². The van der Waals surface area contributed by atoms with E-state index in [1.165, 1.54) is 21.3 Å². The molecule has 0 bridgehead atoms. The average molecular weight is 409 g/mol. The molecule has 27 heavy (non-hydrogen) atoms. The number of amides is 1. The molecule has 0 saturated carbocycles. The van der Waals surface area contributed by atoms with Gasteiger partial charge in [0.2, 0.25) is 0 Å². The molecule has 2 aromatic carbocycles. The molecule has 0 fully saturated rings. The summed E-state index contributed by atoms with van der Waals surface area (Å²) in [6.07, 6.45) is 0.773. The summed E-state index contributed by atoms with van der Waals surface area (Å²) in [6, 6.07) is 13.0. The zero-order valence-electron chi connectivity index (χ0n) is 15.1. The first kappa shape index (κ1) is 19.5. The van der Waals surface area contributed by atoms with Crippen molar-refractivity contribution in [3.8, 4) is 0 Å². The van der Waals surface area contributed by atoms with E-state index in [4.69, 9.17) is 16.3 Å². The van der Waals surface area contributed by atoms with Crippen molar-refractivity contribution in [2.75, 3.05) is 25.0 Å². The summed E-state index contributed by atoms with van der Waals surface area (Å²) in [4.78, 5) is 13.3. The van der Waals surface area contributed by atoms with Crippen molar-refractivity contribution in [1.82, 2.24) is 4.90 Å². The first-order valence-electron chi connectivity index (χ1n) is 8.52. The van der Waals surface area contributed by atoms with Gasteiger partial charge < -0.3 is 9.64 Å². The molecule has 1 amide bonds. The van der Waals surface area contributed by atoms with Gasteiger partial charge in [0.15, 0.2) is 0 Å². The third-order valence-corrected chi connectivity index (χ3v) is 6.57. The number of rotatable bonds is 4. The second-order valence-electron chi connectivity index (χ2n) is 6.55. The average Bonchev–Trinajstić information content (AvgIpc) is 2.65. The summed E-state index contributed by atoms with van der Waals surface area (Å²) in [6.45, 7) is -0.0157. The van der Waals surface area contributed by atoms with Crippen LogP contribution >= 0.6 is 11.6 Å². The summed E-state index contributed by atoms with van der Waals surface area (Å²) in [5.41, 5.74) is 1.56. The van der Waals surface area contributed by atoms with Crippen molar-refractivity contribution >= 4 is 33.4 Å². The summed E-state index contributed by atoms with van der Waals surface area (Å²) in [7, 11) is -0.672. The van der Waals surface area contributed by atoms with Gasteiger partial charge in [0.1, 0.15) is 6.61 Å². The van der Waals surface area contributed by atoms with Gasteiger partial charge in [-0.2, -0.15) is 0 Å². The highest BCUT2D eigenvalue weighted by Crippen LogP contribution is 2.35. The quantitative estimate of drug-likeness (QED) is 0.775. The lowest BCUT2D eigenvalue weighted by atomic mass is 9.98. The highest BCUT2D eigenvalue weighted by Gasteiger charge is 2.36. The van der Waals surface area contributed by atoms with Crippen LogP contribution in [0.1, 0.15) is 12.0 Å². The predicted octanol–water partition coefficient (Wildman–Crippen LogP) is 3.55. The molecule has 6 nitrogen and oxygen atoms in total. The second kappa shape index (κ2) is 7.78. The van der Waals surface area contributed by atoms with Crippen LogP contribution in [0.15, 0.2) is 53.4 Å². The lowest BCUT2D eigenvalue weighted by Crippen LogP contribution is -2.47. The monoisotopic (exact) mass is 408 g/mol. The Morgan fingerprint density at radius 2 is 1.85 bits per heavy atom. The number of nitrogens with zero attached hydrogens (tertiary/aromatic N) is 2. The van der Waals surface area contributed by atoms with Crippen molar-refractivity contribution < 1.29 is 17.9 Å². The van der Waals surface area contributed by atoms with Gasteiger partial charge in [-0.25, -0.2) is 13.2 Å². The Morgan fingerprint density at radius 3 is 2.52 bits per heavy atom. The fourth-order valence-corrected chi connectivity index (χ4v) is 4.90. The number of sulfonamides is 1. The third-order valence-electron chi connectivity index (χ3n) is 4.44. The van der Waals surface area contributed by atoms with Crippen LogP contribution in [0.5, 0.6) is 0 Å². The number of hydrogen-bond donors (Lipinski definition) is 0. The van der Waals surface area contributed by atoms with Crippen LogP contribution < -0.4 is 4.31 Å². The molecule has 3 rings (SSSR count). The van der Waals surface area contributed by atoms with E-state index < -0.39 is 22.2 Å². The Kier molecular flexibility index (Phi) is 5.62. The molecular formula is C19H21ClN2O4S. The van der Waals surface area contributed by atoms with Gasteiger partial charge in [0.05, 0.1) is 16.6 Å². The molecule has 0 radical (unpaired) electrons. The number of aryl methyl sites for hydroxylation is 1. The van der Waals surface area contributed by atoms with Crippen LogP contribution in [0.2, 0.25) is 5.02 Å². The molecule has 0 N–H and O–H groups in total. The summed E-state index contributed by atoms with van der Waals surface area (Å²) >= 11 is 5.90. The number of carbonyl (C=O) groups excluding carboxylic acids is 1. The van der Waals surface area contributed by atoms with Crippen LogP contribution in [-0.2, 0) is 21.2 Å². The van der Waals surface area contributed by atoms with Gasteiger partial charge >= 0.3 is 6.09 Å². The summed E-state index contributed by atoms with van der Waals surface area (Å²) in [5, 5.41) is 0.462. The number of ether oxygens (including phenoxy) is 1. The van der Waals surface area contributed by atoms with Gasteiger partial charge in [0, 0.05) is 19.1 Å². The normalized spacial score (nSPS) is 16.6. The summed E-state index contributed by atoms with van der Waals surface area (Å²) < 4.78 is 33.4. The molecule has 1 atom stereocenters. The van der Waals surface area contributed by atoms with Crippen LogP contribution in [0, 0.1) is 0 Å². The zero-order chi connectivity index (χ0) is 19.6. The maximum atomic E-state index is 13.4. The van der Waals surface area contributed by atoms with Crippen LogP contribution in [-0.4, -0.2) is 46.2 Å². The van der Waals surface area contributed by atoms with Crippen molar-refractivity contribution in [1.29, 1.82) is 0 Å². The van der Waals surface area contributed by atoms with Gasteiger partial charge in [-0.1, -0.05) is 29.8 Å². The van der Waals surface area contributed by atoms with E-state index >= 15 is 0 Å². The van der Waals surface area contributed by atoms with E-state index in [1.807, 2.05) is 12.1 Å². The zero-order valence-corrected chi connectivity index (χ0v) is 16.7. The van der Waals surface area contributed by atoms with Gasteiger partial charge in [0.25, 0.3) is 10.0 Å². The van der Waals surface area contributed by atoms with E-state index in [9.17, 15) is 13.2 Å². The first-order chi connectivity index (χ1) is 12.8. The second-order valence-corrected chi connectivity index (χ2v) is 8.80. The van der Waals surface area contributed by atoms with Crippen molar-refractivity contribution in [2.45, 2.75) is 23.8 Å². The van der Waals surface area contributed by atoms with Crippen molar-refractivity contribution in [3.63, 3.8) is 0 Å². The number of anilines is 1. The molecule has 1 aliphatic heterocycles. The smallest absolute Gasteiger partial charge is 0.409 e. The molecule has 1 unspecified atom stereocenters. The van der Waals surface area contributed by atoms with E-state index in [-0.39, 0.29) is 11.5 Å². The molecule has 144 valence electrons. The van der Waals surface area contributed by atoms with E-state index in [2.05, 4.69) is 0 Å². The Bertz CT molecular complexity index is 929. The molecule has 0 saturated heterocycles. The molecule has 1 heterocycles. The largest absolute Gasteiger partial charge is 0.447 e. The lowest BCUT2D eigenvalue weighted by Gasteiger charge is -2.37. The minimum absolute atomic E-state index is 0.0157. The molecule has 0 aliphatic carbocycles. The molecule has 0 spiro atoms. The van der Waals surface area contributed by atoms with Crippen LogP contribution in [0.4, 0.5) is 10.5 Å². The highest BCUT2D eigenvalue weighted by molar-refractivity contribution is 7.92. The van der Waals surface area contributed by atoms with Gasteiger partial charge in [-0.15, -0.1) is 0 Å². The standard InChI is InChI=1S/C19H21ClN2O4S/c1-21(2)19(23)26-13-16-10-7-14-5-3-4-6-18(14)22(16)27(24,25)17-11-8-15(20)9-12-17/h3-6,8-9,11-12,16H,7,10,13H2,1-2H3. The van der Waals surface area contributed by atoms with Gasteiger partial charge in [-0.3, -0.25) is 4.31 Å². The maximum absolute atomic E-state index is 13.4. The predicted molar refractivity (Wildman–Crippen MR) is 105 cm³/mol. The number of halogens is 1. The highest BCUT2D eigenvalue weighted by atomic mass is 35.5. The fourth-order valence-electron chi connectivity index (χ4n) is 3.07. The van der Waals surface area contributed by atoms with Crippen LogP contribution in [0.25, 0.3) is 0 Å². The van der Waals surface area contributed by atoms with Crippen LogP contribution in [0.3, 0.4) is 0 Å². The number of carbonyl (C=O) groups is 1. The number of fused-ring (bicyclic) bond motifs is 1. The maximum Gasteiger partial charge on any atom is 0.409 e. The fraction of sp³-hybridized carbons (Fsp3) is 0.316. The Morgan fingerprint density at radius 1 is 1.19 bits per heavy atom. The Labute approximate surface area is 164 Å². The first-order valence-corrected chi connectivity index (χ1v) is 10.3. The number of para-hydroxylation sites is 1. The Balaban J connectivity index is 1.99. The molecule has 0 aromatic heterocycles. The minimum atomic E-state index is -3.84. The Hall–Kier alpha value is -2.25. The topological polar surface area (TPSA) is 66.9 Å². The van der Waals surface area contributed by atoms with Crippen molar-refractivity contribution in [3.05, 3.63) is 59.1 Å². The number of benzene rings is 2.